The molecule has 3 aromatic rings. The highest BCUT2D eigenvalue weighted by Crippen LogP contribution is 2.28. The second-order valence-corrected chi connectivity index (χ2v) is 6.04. The number of imidazole rings is 1. The SMILES string of the molecule is Cc1oc(-c2ccccc2Cl)nc1CN(C)Cc1nccn1C. The Morgan fingerprint density at radius 3 is 2.74 bits per heavy atom. The highest BCUT2D eigenvalue weighted by atomic mass is 35.5. The molecule has 2 aromatic heterocycles. The number of rotatable bonds is 5. The lowest BCUT2D eigenvalue weighted by atomic mass is 10.2. The highest BCUT2D eigenvalue weighted by molar-refractivity contribution is 6.33. The maximum absolute atomic E-state index is 6.22. The predicted molar refractivity (Wildman–Crippen MR) is 90.1 cm³/mol. The summed E-state index contributed by atoms with van der Waals surface area (Å²) < 4.78 is 7.81. The van der Waals surface area contributed by atoms with E-state index in [1.165, 1.54) is 0 Å². The van der Waals surface area contributed by atoms with Gasteiger partial charge in [0.1, 0.15) is 11.6 Å². The maximum Gasteiger partial charge on any atom is 0.228 e. The fraction of sp³-hybridized carbons (Fsp3) is 0.294. The van der Waals surface area contributed by atoms with Gasteiger partial charge in [-0.3, -0.25) is 4.90 Å². The quantitative estimate of drug-likeness (QED) is 0.716. The van der Waals surface area contributed by atoms with Crippen molar-refractivity contribution in [3.8, 4) is 11.5 Å². The molecule has 2 heterocycles. The molecule has 0 fully saturated rings. The van der Waals surface area contributed by atoms with Gasteiger partial charge in [0.05, 0.1) is 22.8 Å². The summed E-state index contributed by atoms with van der Waals surface area (Å²) in [4.78, 5) is 11.1. The number of aryl methyl sites for hydroxylation is 2. The number of oxazole rings is 1. The van der Waals surface area contributed by atoms with Gasteiger partial charge in [0, 0.05) is 26.0 Å². The van der Waals surface area contributed by atoms with E-state index in [1.54, 1.807) is 6.20 Å². The van der Waals surface area contributed by atoms with Gasteiger partial charge in [0.15, 0.2) is 0 Å². The van der Waals surface area contributed by atoms with E-state index < -0.39 is 0 Å². The van der Waals surface area contributed by atoms with Gasteiger partial charge in [0.2, 0.25) is 5.89 Å². The lowest BCUT2D eigenvalue weighted by molar-refractivity contribution is 0.302. The standard InChI is InChI=1S/C17H19ClN4O/c1-12-15(10-21(2)11-16-19-8-9-22(16)3)20-17(23-12)13-6-4-5-7-14(13)18/h4-9H,10-11H2,1-3H3. The van der Waals surface area contributed by atoms with Crippen LogP contribution >= 0.6 is 11.6 Å². The Bertz CT molecular complexity index is 809. The van der Waals surface area contributed by atoms with E-state index in [0.717, 1.165) is 29.4 Å². The van der Waals surface area contributed by atoms with Gasteiger partial charge < -0.3 is 8.98 Å². The molecule has 3 rings (SSSR count). The first-order chi connectivity index (χ1) is 11.0. The summed E-state index contributed by atoms with van der Waals surface area (Å²) in [5.74, 6) is 2.39. The predicted octanol–water partition coefficient (Wildman–Crippen LogP) is 3.67. The van der Waals surface area contributed by atoms with Crippen LogP contribution in [0.2, 0.25) is 5.02 Å². The fourth-order valence-corrected chi connectivity index (χ4v) is 2.64. The second kappa shape index (κ2) is 6.56. The zero-order chi connectivity index (χ0) is 16.4. The number of hydrogen-bond donors (Lipinski definition) is 0. The Morgan fingerprint density at radius 1 is 1.26 bits per heavy atom. The van der Waals surface area contributed by atoms with Crippen molar-refractivity contribution >= 4 is 11.6 Å². The van der Waals surface area contributed by atoms with E-state index in [0.29, 0.717) is 17.5 Å². The molecule has 0 aliphatic rings. The summed E-state index contributed by atoms with van der Waals surface area (Å²) in [5, 5.41) is 0.640. The lowest BCUT2D eigenvalue weighted by Crippen LogP contribution is -2.20. The molecular weight excluding hydrogens is 312 g/mol. The zero-order valence-electron chi connectivity index (χ0n) is 13.5. The van der Waals surface area contributed by atoms with Crippen LogP contribution in [0.3, 0.4) is 0 Å². The molecule has 0 atom stereocenters. The topological polar surface area (TPSA) is 47.1 Å². The molecule has 0 spiro atoms. The Hall–Kier alpha value is -2.11. The van der Waals surface area contributed by atoms with E-state index >= 15 is 0 Å². The molecule has 0 bridgehead atoms. The number of aromatic nitrogens is 3. The number of hydrogen-bond acceptors (Lipinski definition) is 4. The van der Waals surface area contributed by atoms with Gasteiger partial charge in [-0.2, -0.15) is 0 Å². The number of benzene rings is 1. The van der Waals surface area contributed by atoms with Crippen molar-refractivity contribution in [1.82, 2.24) is 19.4 Å². The fourth-order valence-electron chi connectivity index (χ4n) is 2.43. The second-order valence-electron chi connectivity index (χ2n) is 5.63. The van der Waals surface area contributed by atoms with Crippen LogP contribution in [0.25, 0.3) is 11.5 Å². The average Bonchev–Trinajstić information content (AvgIpc) is 3.07. The third-order valence-corrected chi connectivity index (χ3v) is 4.08. The number of nitrogens with zero attached hydrogens (tertiary/aromatic N) is 4. The summed E-state index contributed by atoms with van der Waals surface area (Å²) in [6, 6.07) is 7.56. The first kappa shape index (κ1) is 15.8. The van der Waals surface area contributed by atoms with Crippen molar-refractivity contribution in [2.24, 2.45) is 7.05 Å². The van der Waals surface area contributed by atoms with Gasteiger partial charge >= 0.3 is 0 Å². The molecule has 5 nitrogen and oxygen atoms in total. The van der Waals surface area contributed by atoms with Crippen LogP contribution in [-0.4, -0.2) is 26.5 Å². The molecule has 6 heteroatoms. The van der Waals surface area contributed by atoms with Gasteiger partial charge in [0.25, 0.3) is 0 Å². The van der Waals surface area contributed by atoms with Crippen molar-refractivity contribution in [2.45, 2.75) is 20.0 Å². The van der Waals surface area contributed by atoms with Gasteiger partial charge in [-0.25, -0.2) is 9.97 Å². The molecule has 0 N–H and O–H groups in total. The summed E-state index contributed by atoms with van der Waals surface area (Å²) in [7, 11) is 4.03. The Kier molecular flexibility index (Phi) is 4.50. The molecule has 23 heavy (non-hydrogen) atoms. The largest absolute Gasteiger partial charge is 0.441 e. The smallest absolute Gasteiger partial charge is 0.228 e. The molecule has 120 valence electrons. The molecule has 0 amide bonds. The van der Waals surface area contributed by atoms with E-state index in [9.17, 15) is 0 Å². The van der Waals surface area contributed by atoms with E-state index in [4.69, 9.17) is 16.0 Å². The minimum Gasteiger partial charge on any atom is -0.441 e. The Balaban J connectivity index is 1.76. The first-order valence-electron chi connectivity index (χ1n) is 7.40. The minimum atomic E-state index is 0.563. The third-order valence-electron chi connectivity index (χ3n) is 3.75. The van der Waals surface area contributed by atoms with Crippen LogP contribution in [0.5, 0.6) is 0 Å². The van der Waals surface area contributed by atoms with Crippen LogP contribution < -0.4 is 0 Å². The lowest BCUT2D eigenvalue weighted by Gasteiger charge is -2.14. The molecule has 0 radical (unpaired) electrons. The van der Waals surface area contributed by atoms with Crippen LogP contribution in [0.4, 0.5) is 0 Å². The summed E-state index contributed by atoms with van der Waals surface area (Å²) >= 11 is 6.22. The number of halogens is 1. The highest BCUT2D eigenvalue weighted by Gasteiger charge is 2.15. The van der Waals surface area contributed by atoms with Crippen LogP contribution in [0, 0.1) is 6.92 Å². The summed E-state index contributed by atoms with van der Waals surface area (Å²) in [6.07, 6.45) is 3.75. The normalized spacial score (nSPS) is 11.3. The zero-order valence-corrected chi connectivity index (χ0v) is 14.2. The van der Waals surface area contributed by atoms with Crippen molar-refractivity contribution in [2.75, 3.05) is 7.05 Å². The molecule has 0 saturated heterocycles. The summed E-state index contributed by atoms with van der Waals surface area (Å²) in [5.41, 5.74) is 1.73. The van der Waals surface area contributed by atoms with E-state index in [-0.39, 0.29) is 0 Å². The third kappa shape index (κ3) is 3.46. The first-order valence-corrected chi connectivity index (χ1v) is 7.78. The monoisotopic (exact) mass is 330 g/mol. The van der Waals surface area contributed by atoms with Gasteiger partial charge in [-0.05, 0) is 26.1 Å². The minimum absolute atomic E-state index is 0.563. The van der Waals surface area contributed by atoms with Crippen molar-refractivity contribution < 1.29 is 4.42 Å². The molecule has 0 unspecified atom stereocenters. The maximum atomic E-state index is 6.22. The Morgan fingerprint density at radius 2 is 2.04 bits per heavy atom. The van der Waals surface area contributed by atoms with Crippen LogP contribution in [0.1, 0.15) is 17.3 Å². The van der Waals surface area contributed by atoms with E-state index in [2.05, 4.69) is 14.9 Å². The summed E-state index contributed by atoms with van der Waals surface area (Å²) in [6.45, 7) is 3.36. The van der Waals surface area contributed by atoms with Gasteiger partial charge in [-0.15, -0.1) is 0 Å². The molecular formula is C17H19ClN4O. The van der Waals surface area contributed by atoms with Crippen molar-refractivity contribution in [3.05, 3.63) is 59.0 Å². The molecule has 0 aliphatic heterocycles. The van der Waals surface area contributed by atoms with Crippen LogP contribution in [-0.2, 0) is 20.1 Å². The molecule has 0 saturated carbocycles. The molecule has 0 aliphatic carbocycles. The average molecular weight is 331 g/mol. The molecule has 1 aromatic carbocycles. The van der Waals surface area contributed by atoms with Gasteiger partial charge in [-0.1, -0.05) is 23.7 Å². The van der Waals surface area contributed by atoms with Crippen molar-refractivity contribution in [1.29, 1.82) is 0 Å². The van der Waals surface area contributed by atoms with E-state index in [1.807, 2.05) is 56.0 Å². The van der Waals surface area contributed by atoms with Crippen molar-refractivity contribution in [3.63, 3.8) is 0 Å². The van der Waals surface area contributed by atoms with Crippen LogP contribution in [0.15, 0.2) is 41.1 Å². The Labute approximate surface area is 140 Å².